The molecule has 0 aliphatic rings. The van der Waals surface area contributed by atoms with E-state index in [0.717, 1.165) is 4.57 Å². The van der Waals surface area contributed by atoms with Crippen molar-refractivity contribution in [1.82, 2.24) is 9.55 Å². The van der Waals surface area contributed by atoms with Gasteiger partial charge in [-0.05, 0) is 0 Å². The van der Waals surface area contributed by atoms with E-state index in [9.17, 15) is 4.79 Å². The number of hydrogen-bond acceptors (Lipinski definition) is 5. The lowest BCUT2D eigenvalue weighted by Crippen LogP contribution is -2.35. The van der Waals surface area contributed by atoms with Crippen molar-refractivity contribution < 1.29 is 9.90 Å². The highest BCUT2D eigenvalue weighted by Crippen LogP contribution is 2.02. The van der Waals surface area contributed by atoms with Gasteiger partial charge in [-0.2, -0.15) is 12.6 Å². The maximum Gasteiger partial charge on any atom is 0.249 e. The predicted molar refractivity (Wildman–Crippen MR) is 46.3 cm³/mol. The molecule has 0 saturated heterocycles. The second-order valence-electron chi connectivity index (χ2n) is 2.27. The SMILES string of the molecule is N[C@@H](CS)C(=O)n1cnc(O)c1. The minimum absolute atomic E-state index is 0.199. The zero-order valence-electron chi connectivity index (χ0n) is 6.21. The Kier molecular flexibility index (Phi) is 2.72. The van der Waals surface area contributed by atoms with Crippen LogP contribution < -0.4 is 5.73 Å². The lowest BCUT2D eigenvalue weighted by molar-refractivity contribution is 0.0888. The number of nitrogens with zero attached hydrogens (tertiary/aromatic N) is 2. The van der Waals surface area contributed by atoms with E-state index in [4.69, 9.17) is 10.8 Å². The molecule has 0 unspecified atom stereocenters. The summed E-state index contributed by atoms with van der Waals surface area (Å²) in [6.07, 6.45) is 2.41. The highest BCUT2D eigenvalue weighted by atomic mass is 32.1. The Labute approximate surface area is 74.6 Å². The molecule has 1 aromatic heterocycles. The van der Waals surface area contributed by atoms with Gasteiger partial charge in [0.25, 0.3) is 0 Å². The molecule has 0 bridgehead atoms. The third-order valence-electron chi connectivity index (χ3n) is 1.34. The summed E-state index contributed by atoms with van der Waals surface area (Å²) >= 11 is 3.87. The zero-order valence-corrected chi connectivity index (χ0v) is 7.11. The summed E-state index contributed by atoms with van der Waals surface area (Å²) in [6.45, 7) is 0. The number of aromatic hydroxyl groups is 1. The van der Waals surface area contributed by atoms with Crippen LogP contribution in [0.5, 0.6) is 5.88 Å². The maximum atomic E-state index is 11.2. The van der Waals surface area contributed by atoms with Crippen molar-refractivity contribution in [3.63, 3.8) is 0 Å². The fraction of sp³-hybridized carbons (Fsp3) is 0.333. The van der Waals surface area contributed by atoms with Crippen LogP contribution in [0.25, 0.3) is 0 Å². The van der Waals surface area contributed by atoms with Crippen molar-refractivity contribution in [3.8, 4) is 5.88 Å². The Morgan fingerprint density at radius 1 is 1.92 bits per heavy atom. The van der Waals surface area contributed by atoms with Crippen molar-refractivity contribution in [2.75, 3.05) is 5.75 Å². The molecule has 0 fully saturated rings. The van der Waals surface area contributed by atoms with Crippen molar-refractivity contribution in [2.24, 2.45) is 5.73 Å². The first-order valence-electron chi connectivity index (χ1n) is 3.28. The van der Waals surface area contributed by atoms with Crippen LogP contribution in [0, 0.1) is 0 Å². The molecule has 5 nitrogen and oxygen atoms in total. The lowest BCUT2D eigenvalue weighted by atomic mass is 10.3. The van der Waals surface area contributed by atoms with Crippen LogP contribution in [0.4, 0.5) is 0 Å². The molecule has 1 aromatic rings. The quantitative estimate of drug-likeness (QED) is 0.544. The van der Waals surface area contributed by atoms with Gasteiger partial charge in [-0.1, -0.05) is 0 Å². The summed E-state index contributed by atoms with van der Waals surface area (Å²) < 4.78 is 1.14. The average molecular weight is 187 g/mol. The smallest absolute Gasteiger partial charge is 0.249 e. The molecule has 1 heterocycles. The van der Waals surface area contributed by atoms with Gasteiger partial charge < -0.3 is 10.8 Å². The summed E-state index contributed by atoms with van der Waals surface area (Å²) in [5.41, 5.74) is 5.40. The number of rotatable bonds is 2. The Morgan fingerprint density at radius 2 is 2.58 bits per heavy atom. The Bertz CT molecular complexity index is 286. The molecule has 0 aromatic carbocycles. The fourth-order valence-corrected chi connectivity index (χ4v) is 0.859. The molecule has 6 heteroatoms. The van der Waals surface area contributed by atoms with E-state index in [1.54, 1.807) is 0 Å². The summed E-state index contributed by atoms with van der Waals surface area (Å²) in [4.78, 5) is 14.7. The van der Waals surface area contributed by atoms with Crippen LogP contribution in [0.3, 0.4) is 0 Å². The minimum atomic E-state index is -0.665. The number of nitrogens with two attached hydrogens (primary N) is 1. The predicted octanol–water partition coefficient (Wildman–Crippen LogP) is -0.514. The van der Waals surface area contributed by atoms with E-state index in [1.165, 1.54) is 12.5 Å². The Hall–Kier alpha value is -1.01. The Morgan fingerprint density at radius 3 is 3.00 bits per heavy atom. The van der Waals surface area contributed by atoms with Gasteiger partial charge in [0.2, 0.25) is 11.8 Å². The summed E-state index contributed by atoms with van der Waals surface area (Å²) in [6, 6.07) is -0.665. The molecule has 0 aliphatic carbocycles. The Balaban J connectivity index is 2.78. The first-order valence-corrected chi connectivity index (χ1v) is 3.92. The third-order valence-corrected chi connectivity index (χ3v) is 1.73. The van der Waals surface area contributed by atoms with Crippen molar-refractivity contribution in [3.05, 3.63) is 12.5 Å². The third kappa shape index (κ3) is 1.77. The zero-order chi connectivity index (χ0) is 9.14. The van der Waals surface area contributed by atoms with Gasteiger partial charge in [-0.15, -0.1) is 0 Å². The molecule has 1 atom stereocenters. The highest BCUT2D eigenvalue weighted by Gasteiger charge is 2.13. The van der Waals surface area contributed by atoms with E-state index in [-0.39, 0.29) is 17.5 Å². The van der Waals surface area contributed by atoms with Crippen LogP contribution in [-0.2, 0) is 0 Å². The van der Waals surface area contributed by atoms with Gasteiger partial charge in [0.15, 0.2) is 0 Å². The minimum Gasteiger partial charge on any atom is -0.492 e. The standard InChI is InChI=1S/C6H9N3O2S/c7-4(2-12)6(11)9-1-5(10)8-3-9/h1,3-4,10,12H,2,7H2/t4-/m0/s1. The first-order chi connectivity index (χ1) is 5.65. The molecule has 1 rings (SSSR count). The van der Waals surface area contributed by atoms with Crippen molar-refractivity contribution >= 4 is 18.5 Å². The molecule has 0 amide bonds. The van der Waals surface area contributed by atoms with E-state index in [0.29, 0.717) is 0 Å². The van der Waals surface area contributed by atoms with Crippen molar-refractivity contribution in [2.45, 2.75) is 6.04 Å². The number of aromatic nitrogens is 2. The summed E-state index contributed by atoms with van der Waals surface area (Å²) in [5.74, 6) is -0.273. The van der Waals surface area contributed by atoms with Gasteiger partial charge in [-0.3, -0.25) is 9.36 Å². The van der Waals surface area contributed by atoms with Crippen molar-refractivity contribution in [1.29, 1.82) is 0 Å². The molecule has 3 N–H and O–H groups in total. The van der Waals surface area contributed by atoms with E-state index >= 15 is 0 Å². The van der Waals surface area contributed by atoms with Crippen LogP contribution >= 0.6 is 12.6 Å². The number of carbonyl (C=O) groups is 1. The summed E-state index contributed by atoms with van der Waals surface area (Å²) in [5, 5.41) is 8.81. The van der Waals surface area contributed by atoms with Gasteiger partial charge in [0.1, 0.15) is 6.33 Å². The van der Waals surface area contributed by atoms with Crippen LogP contribution in [0.1, 0.15) is 4.79 Å². The second kappa shape index (κ2) is 3.59. The molecule has 12 heavy (non-hydrogen) atoms. The normalized spacial score (nSPS) is 12.8. The summed E-state index contributed by atoms with van der Waals surface area (Å²) in [7, 11) is 0. The van der Waals surface area contributed by atoms with Gasteiger partial charge in [0.05, 0.1) is 12.2 Å². The fourth-order valence-electron chi connectivity index (χ4n) is 0.703. The lowest BCUT2D eigenvalue weighted by Gasteiger charge is -2.05. The topological polar surface area (TPSA) is 81.1 Å². The molecule has 0 aliphatic heterocycles. The molecule has 0 radical (unpaired) electrons. The highest BCUT2D eigenvalue weighted by molar-refractivity contribution is 7.80. The van der Waals surface area contributed by atoms with Crippen LogP contribution in [0.2, 0.25) is 0 Å². The number of thiol groups is 1. The maximum absolute atomic E-state index is 11.2. The van der Waals surface area contributed by atoms with Crippen LogP contribution in [0.15, 0.2) is 12.5 Å². The molecule has 0 saturated carbocycles. The number of carbonyl (C=O) groups excluding carboxylic acids is 1. The largest absolute Gasteiger partial charge is 0.492 e. The van der Waals surface area contributed by atoms with E-state index in [1.807, 2.05) is 0 Å². The molecule has 66 valence electrons. The first kappa shape index (κ1) is 9.08. The number of imidazole rings is 1. The van der Waals surface area contributed by atoms with Gasteiger partial charge >= 0.3 is 0 Å². The number of hydrogen-bond donors (Lipinski definition) is 3. The molecular weight excluding hydrogens is 178 g/mol. The average Bonchev–Trinajstić information content (AvgIpc) is 2.49. The molecular formula is C6H9N3O2S. The second-order valence-corrected chi connectivity index (χ2v) is 2.63. The van der Waals surface area contributed by atoms with Gasteiger partial charge in [0, 0.05) is 5.75 Å². The van der Waals surface area contributed by atoms with E-state index < -0.39 is 6.04 Å². The van der Waals surface area contributed by atoms with Gasteiger partial charge in [-0.25, -0.2) is 4.98 Å². The molecule has 0 spiro atoms. The van der Waals surface area contributed by atoms with E-state index in [2.05, 4.69) is 17.6 Å². The monoisotopic (exact) mass is 187 g/mol. The van der Waals surface area contributed by atoms with Crippen LogP contribution in [-0.4, -0.2) is 32.4 Å².